The van der Waals surface area contributed by atoms with E-state index in [-0.39, 0.29) is 0 Å². The molecule has 0 fully saturated rings. The lowest BCUT2D eigenvalue weighted by Crippen LogP contribution is -1.94. The molecule has 0 aliphatic heterocycles. The molecule has 0 saturated heterocycles. The van der Waals surface area contributed by atoms with Gasteiger partial charge in [0.1, 0.15) is 5.58 Å². The van der Waals surface area contributed by atoms with Crippen molar-refractivity contribution in [3.63, 3.8) is 0 Å². The molecule has 0 atom stereocenters. The minimum Gasteiger partial charge on any atom is -0.454 e. The molecule has 0 unspecified atom stereocenters. The van der Waals surface area contributed by atoms with Crippen LogP contribution in [0.2, 0.25) is 0 Å². The predicted molar refractivity (Wildman–Crippen MR) is 133 cm³/mol. The summed E-state index contributed by atoms with van der Waals surface area (Å²) in [7, 11) is 0. The highest BCUT2D eigenvalue weighted by Gasteiger charge is 2.17. The molecule has 0 bridgehead atoms. The van der Waals surface area contributed by atoms with Crippen molar-refractivity contribution in [1.29, 1.82) is 0 Å². The van der Waals surface area contributed by atoms with Crippen LogP contribution in [0.25, 0.3) is 60.6 Å². The second kappa shape index (κ2) is 6.60. The summed E-state index contributed by atoms with van der Waals surface area (Å²) >= 11 is 0. The van der Waals surface area contributed by atoms with Crippen molar-refractivity contribution in [2.45, 2.75) is 0 Å². The quantitative estimate of drug-likeness (QED) is 0.280. The Kier molecular flexibility index (Phi) is 3.58. The maximum absolute atomic E-state index is 6.38. The highest BCUT2D eigenvalue weighted by atomic mass is 16.3. The highest BCUT2D eigenvalue weighted by molar-refractivity contribution is 6.13. The third kappa shape index (κ3) is 2.41. The lowest BCUT2D eigenvalue weighted by Gasteiger charge is -2.09. The van der Waals surface area contributed by atoms with E-state index in [1.807, 2.05) is 12.1 Å². The van der Waals surface area contributed by atoms with Gasteiger partial charge in [-0.3, -0.25) is 0 Å². The second-order valence-electron chi connectivity index (χ2n) is 8.20. The van der Waals surface area contributed by atoms with Crippen molar-refractivity contribution in [3.8, 4) is 16.8 Å². The molecule has 7 aromatic rings. The topological polar surface area (TPSA) is 18.1 Å². The van der Waals surface area contributed by atoms with Gasteiger partial charge >= 0.3 is 0 Å². The first kappa shape index (κ1) is 17.4. The van der Waals surface area contributed by atoms with E-state index in [4.69, 9.17) is 4.42 Å². The summed E-state index contributed by atoms with van der Waals surface area (Å²) in [6.45, 7) is 0. The molecule has 0 spiro atoms. The zero-order valence-electron chi connectivity index (χ0n) is 17.3. The number of nitrogens with zero attached hydrogens (tertiary/aromatic N) is 1. The van der Waals surface area contributed by atoms with Gasteiger partial charge in [-0.15, -0.1) is 0 Å². The van der Waals surface area contributed by atoms with Crippen LogP contribution >= 0.6 is 0 Å². The zero-order chi connectivity index (χ0) is 21.1. The smallest absolute Gasteiger partial charge is 0.159 e. The molecular weight excluding hydrogens is 390 g/mol. The van der Waals surface area contributed by atoms with Crippen molar-refractivity contribution < 1.29 is 4.42 Å². The van der Waals surface area contributed by atoms with Gasteiger partial charge < -0.3 is 8.98 Å². The van der Waals surface area contributed by atoms with Crippen LogP contribution in [-0.4, -0.2) is 4.57 Å². The van der Waals surface area contributed by atoms with Crippen LogP contribution in [0.3, 0.4) is 0 Å². The van der Waals surface area contributed by atoms with E-state index in [1.54, 1.807) is 0 Å². The van der Waals surface area contributed by atoms with E-state index in [0.717, 1.165) is 27.6 Å². The molecule has 0 radical (unpaired) electrons. The van der Waals surface area contributed by atoms with Gasteiger partial charge in [-0.05, 0) is 41.5 Å². The number of hydrogen-bond acceptors (Lipinski definition) is 1. The Labute approximate surface area is 184 Å². The Hall–Kier alpha value is -4.30. The second-order valence-corrected chi connectivity index (χ2v) is 8.20. The summed E-state index contributed by atoms with van der Waals surface area (Å²) in [6.07, 6.45) is 0. The number of para-hydroxylation sites is 3. The largest absolute Gasteiger partial charge is 0.454 e. The molecule has 0 amide bonds. The number of furan rings is 1. The van der Waals surface area contributed by atoms with Gasteiger partial charge in [0.05, 0.1) is 16.7 Å². The summed E-state index contributed by atoms with van der Waals surface area (Å²) in [6, 6.07) is 40.6. The van der Waals surface area contributed by atoms with E-state index in [0.29, 0.717) is 0 Å². The molecule has 5 aromatic carbocycles. The SMILES string of the molecule is c1ccc(-c2ccc3c(c2)c2ccccc2n3-c2cccc3c2oc2ccccc23)cc1. The summed E-state index contributed by atoms with van der Waals surface area (Å²) in [5.41, 5.74) is 7.72. The van der Waals surface area contributed by atoms with E-state index < -0.39 is 0 Å². The van der Waals surface area contributed by atoms with Crippen molar-refractivity contribution in [3.05, 3.63) is 115 Å². The Morgan fingerprint density at radius 3 is 2.09 bits per heavy atom. The van der Waals surface area contributed by atoms with E-state index >= 15 is 0 Å². The molecule has 0 saturated carbocycles. The van der Waals surface area contributed by atoms with E-state index in [2.05, 4.69) is 108 Å². The van der Waals surface area contributed by atoms with Crippen molar-refractivity contribution >= 4 is 43.7 Å². The fourth-order valence-corrected chi connectivity index (χ4v) is 4.95. The Bertz CT molecular complexity index is 1770. The Balaban J connectivity index is 1.59. The molecule has 2 heterocycles. The molecular formula is C30H19NO. The lowest BCUT2D eigenvalue weighted by molar-refractivity contribution is 0.666. The minimum atomic E-state index is 0.919. The lowest BCUT2D eigenvalue weighted by atomic mass is 10.0. The number of benzene rings is 5. The molecule has 2 heteroatoms. The number of aromatic nitrogens is 1. The van der Waals surface area contributed by atoms with Crippen molar-refractivity contribution in [1.82, 2.24) is 4.57 Å². The molecule has 0 N–H and O–H groups in total. The first-order chi connectivity index (χ1) is 15.9. The maximum Gasteiger partial charge on any atom is 0.159 e. The normalized spacial score (nSPS) is 11.8. The predicted octanol–water partition coefficient (Wildman–Crippen LogP) is 8.35. The van der Waals surface area contributed by atoms with Gasteiger partial charge in [-0.25, -0.2) is 0 Å². The fraction of sp³-hybridized carbons (Fsp3) is 0. The summed E-state index contributed by atoms with van der Waals surface area (Å²) < 4.78 is 8.71. The van der Waals surface area contributed by atoms with Crippen molar-refractivity contribution in [2.75, 3.05) is 0 Å². The first-order valence-corrected chi connectivity index (χ1v) is 10.9. The number of rotatable bonds is 2. The summed E-state index contributed by atoms with van der Waals surface area (Å²) in [5.74, 6) is 0. The van der Waals surface area contributed by atoms with Crippen LogP contribution in [0, 0.1) is 0 Å². The molecule has 150 valence electrons. The molecule has 2 nitrogen and oxygen atoms in total. The minimum absolute atomic E-state index is 0.919. The highest BCUT2D eigenvalue weighted by Crippen LogP contribution is 2.38. The number of fused-ring (bicyclic) bond motifs is 6. The van der Waals surface area contributed by atoms with E-state index in [1.165, 1.54) is 32.9 Å². The number of hydrogen-bond donors (Lipinski definition) is 0. The van der Waals surface area contributed by atoms with Crippen LogP contribution in [-0.2, 0) is 0 Å². The molecule has 0 aliphatic carbocycles. The molecule has 7 rings (SSSR count). The molecule has 0 aliphatic rings. The fourth-order valence-electron chi connectivity index (χ4n) is 4.95. The van der Waals surface area contributed by atoms with Crippen LogP contribution in [0.5, 0.6) is 0 Å². The first-order valence-electron chi connectivity index (χ1n) is 10.9. The standard InChI is InChI=1S/C30H19NO/c1-2-9-20(10-3-1)21-17-18-27-25(19-21)22-11-4-6-14-26(22)31(27)28-15-8-13-24-23-12-5-7-16-29(23)32-30(24)28/h1-19H. The third-order valence-electron chi connectivity index (χ3n) is 6.40. The van der Waals surface area contributed by atoms with Crippen molar-refractivity contribution in [2.24, 2.45) is 0 Å². The van der Waals surface area contributed by atoms with Gasteiger partial charge in [0.25, 0.3) is 0 Å². The van der Waals surface area contributed by atoms with Gasteiger partial charge in [-0.1, -0.05) is 84.9 Å². The third-order valence-corrected chi connectivity index (χ3v) is 6.40. The zero-order valence-corrected chi connectivity index (χ0v) is 17.3. The van der Waals surface area contributed by atoms with Gasteiger partial charge in [-0.2, -0.15) is 0 Å². The Morgan fingerprint density at radius 1 is 0.469 bits per heavy atom. The van der Waals surface area contributed by atoms with Crippen LogP contribution < -0.4 is 0 Å². The molecule has 2 aromatic heterocycles. The Morgan fingerprint density at radius 2 is 1.19 bits per heavy atom. The van der Waals surface area contributed by atoms with Crippen LogP contribution in [0.1, 0.15) is 0 Å². The maximum atomic E-state index is 6.38. The van der Waals surface area contributed by atoms with Crippen LogP contribution in [0.15, 0.2) is 120 Å². The monoisotopic (exact) mass is 409 g/mol. The molecule has 32 heavy (non-hydrogen) atoms. The average Bonchev–Trinajstić information content (AvgIpc) is 3.40. The van der Waals surface area contributed by atoms with Gasteiger partial charge in [0, 0.05) is 21.5 Å². The summed E-state index contributed by atoms with van der Waals surface area (Å²) in [4.78, 5) is 0. The van der Waals surface area contributed by atoms with E-state index in [9.17, 15) is 0 Å². The average molecular weight is 409 g/mol. The van der Waals surface area contributed by atoms with Gasteiger partial charge in [0.15, 0.2) is 5.58 Å². The summed E-state index contributed by atoms with van der Waals surface area (Å²) in [5, 5.41) is 4.78. The van der Waals surface area contributed by atoms with Crippen LogP contribution in [0.4, 0.5) is 0 Å². The van der Waals surface area contributed by atoms with Gasteiger partial charge in [0.2, 0.25) is 0 Å².